The minimum atomic E-state index is -0.185. The van der Waals surface area contributed by atoms with Gasteiger partial charge in [-0.1, -0.05) is 18.6 Å². The van der Waals surface area contributed by atoms with Crippen molar-refractivity contribution in [3.05, 3.63) is 64.8 Å². The Kier molecular flexibility index (Phi) is 10.7. The third kappa shape index (κ3) is 8.90. The minimum Gasteiger partial charge on any atom is -0.388 e. The van der Waals surface area contributed by atoms with Gasteiger partial charge in [-0.25, -0.2) is 9.38 Å². The highest BCUT2D eigenvalue weighted by molar-refractivity contribution is 6.01. The molecular formula is C24H35FN4. The Morgan fingerprint density at radius 3 is 2.48 bits per heavy atom. The molecule has 0 heterocycles. The van der Waals surface area contributed by atoms with Crippen LogP contribution in [0.15, 0.2) is 63.4 Å². The van der Waals surface area contributed by atoms with Crippen LogP contribution in [-0.2, 0) is 6.42 Å². The third-order valence-electron chi connectivity index (χ3n) is 4.31. The van der Waals surface area contributed by atoms with Crippen molar-refractivity contribution in [3.8, 4) is 0 Å². The summed E-state index contributed by atoms with van der Waals surface area (Å²) in [4.78, 5) is 8.95. The predicted molar refractivity (Wildman–Crippen MR) is 125 cm³/mol. The number of aryl methyl sites for hydroxylation is 1. The Morgan fingerprint density at radius 2 is 1.90 bits per heavy atom. The first kappa shape index (κ1) is 24.3. The largest absolute Gasteiger partial charge is 0.388 e. The van der Waals surface area contributed by atoms with Crippen LogP contribution >= 0.6 is 0 Å². The molecule has 0 aliphatic carbocycles. The predicted octanol–water partition coefficient (Wildman–Crippen LogP) is 6.04. The molecule has 158 valence electrons. The van der Waals surface area contributed by atoms with E-state index in [-0.39, 0.29) is 5.82 Å². The molecule has 5 heteroatoms. The van der Waals surface area contributed by atoms with Crippen LogP contribution in [0.3, 0.4) is 0 Å². The lowest BCUT2D eigenvalue weighted by Gasteiger charge is -2.12. The lowest BCUT2D eigenvalue weighted by Crippen LogP contribution is -2.23. The zero-order valence-electron chi connectivity index (χ0n) is 18.9. The molecule has 0 saturated carbocycles. The number of nitrogens with one attached hydrogen (secondary N) is 2. The van der Waals surface area contributed by atoms with Gasteiger partial charge in [0.15, 0.2) is 0 Å². The molecule has 0 radical (unpaired) electrons. The molecule has 4 nitrogen and oxygen atoms in total. The van der Waals surface area contributed by atoms with Gasteiger partial charge in [-0.05, 0) is 82.4 Å². The van der Waals surface area contributed by atoms with E-state index in [0.717, 1.165) is 40.5 Å². The highest BCUT2D eigenvalue weighted by Gasteiger charge is 2.07. The molecule has 1 aromatic rings. The third-order valence-corrected chi connectivity index (χ3v) is 4.31. The Hall–Kier alpha value is -2.69. The van der Waals surface area contributed by atoms with Crippen molar-refractivity contribution in [2.45, 2.75) is 53.9 Å². The van der Waals surface area contributed by atoms with Crippen LogP contribution < -0.4 is 10.6 Å². The molecule has 2 N–H and O–H groups in total. The number of nitrogens with zero attached hydrogens (tertiary/aromatic N) is 2. The highest BCUT2D eigenvalue weighted by Crippen LogP contribution is 2.16. The number of allylic oxidation sites excluding steroid dienone is 4. The normalized spacial score (nSPS) is 13.4. The van der Waals surface area contributed by atoms with Crippen LogP contribution in [-0.4, -0.2) is 25.6 Å². The first-order valence-corrected chi connectivity index (χ1v) is 10.1. The first-order chi connectivity index (χ1) is 13.8. The van der Waals surface area contributed by atoms with Crippen molar-refractivity contribution in [1.29, 1.82) is 0 Å². The van der Waals surface area contributed by atoms with E-state index in [9.17, 15) is 4.39 Å². The van der Waals surface area contributed by atoms with Gasteiger partial charge >= 0.3 is 0 Å². The van der Waals surface area contributed by atoms with Crippen molar-refractivity contribution in [3.63, 3.8) is 0 Å². The summed E-state index contributed by atoms with van der Waals surface area (Å²) in [5.41, 5.74) is 5.67. The molecule has 1 aromatic carbocycles. The van der Waals surface area contributed by atoms with Crippen molar-refractivity contribution < 1.29 is 4.39 Å². The summed E-state index contributed by atoms with van der Waals surface area (Å²) in [6.45, 7) is 10.2. The summed E-state index contributed by atoms with van der Waals surface area (Å²) in [7, 11) is 3.59. The fraction of sp³-hybridized carbons (Fsp3) is 0.417. The van der Waals surface area contributed by atoms with E-state index in [1.165, 1.54) is 6.07 Å². The standard InChI is InChI=1S/C24H35FN4/c1-8-9-18(4)24(28-16-17(2)3)29-19(5)14-21(26-6)11-10-20-15-22(27-7)12-13-23(20)25/h9,12-16,27H,8,10-11H2,1-7H3,(H,28,29)/b18-9+,19-14+,26-21?. The average Bonchev–Trinajstić information content (AvgIpc) is 2.69. The fourth-order valence-electron chi connectivity index (χ4n) is 2.74. The van der Waals surface area contributed by atoms with Gasteiger partial charge in [0.1, 0.15) is 11.7 Å². The lowest BCUT2D eigenvalue weighted by molar-refractivity contribution is 0.610. The average molecular weight is 399 g/mol. The molecule has 0 aromatic heterocycles. The van der Waals surface area contributed by atoms with Crippen LogP contribution in [0.4, 0.5) is 10.1 Å². The van der Waals surface area contributed by atoms with Crippen LogP contribution in [0.25, 0.3) is 0 Å². The van der Waals surface area contributed by atoms with Crippen molar-refractivity contribution in [2.75, 3.05) is 19.4 Å². The zero-order chi connectivity index (χ0) is 21.8. The number of aliphatic imine (C=N–C) groups is 2. The monoisotopic (exact) mass is 398 g/mol. The maximum absolute atomic E-state index is 14.1. The van der Waals surface area contributed by atoms with E-state index in [0.29, 0.717) is 18.4 Å². The van der Waals surface area contributed by atoms with Crippen LogP contribution in [0, 0.1) is 5.82 Å². The Bertz CT molecular complexity index is 825. The lowest BCUT2D eigenvalue weighted by atomic mass is 10.0. The van der Waals surface area contributed by atoms with Gasteiger partial charge in [-0.2, -0.15) is 0 Å². The minimum absolute atomic E-state index is 0.185. The summed E-state index contributed by atoms with van der Waals surface area (Å²) in [6, 6.07) is 5.09. The second-order valence-electron chi connectivity index (χ2n) is 7.20. The molecule has 1 rings (SSSR count). The molecule has 0 unspecified atom stereocenters. The van der Waals surface area contributed by atoms with E-state index in [2.05, 4.69) is 33.6 Å². The summed E-state index contributed by atoms with van der Waals surface area (Å²) in [6.07, 6.45) is 8.19. The summed E-state index contributed by atoms with van der Waals surface area (Å²) in [5, 5.41) is 6.43. The van der Waals surface area contributed by atoms with E-state index in [1.54, 1.807) is 13.1 Å². The van der Waals surface area contributed by atoms with Gasteiger partial charge in [0.05, 0.1) is 0 Å². The number of benzene rings is 1. The van der Waals surface area contributed by atoms with Crippen molar-refractivity contribution >= 4 is 17.2 Å². The van der Waals surface area contributed by atoms with Crippen LogP contribution in [0.1, 0.15) is 53.0 Å². The second kappa shape index (κ2) is 12.7. The Labute approximate surface area is 175 Å². The van der Waals surface area contributed by atoms with Gasteiger partial charge in [0.2, 0.25) is 0 Å². The molecule has 0 amide bonds. The van der Waals surface area contributed by atoms with E-state index < -0.39 is 0 Å². The number of anilines is 1. The molecular weight excluding hydrogens is 363 g/mol. The number of halogens is 1. The summed E-state index contributed by atoms with van der Waals surface area (Å²) >= 11 is 0. The van der Waals surface area contributed by atoms with Crippen LogP contribution in [0.2, 0.25) is 0 Å². The summed E-state index contributed by atoms with van der Waals surface area (Å²) in [5.74, 6) is 0.639. The topological polar surface area (TPSA) is 48.8 Å². The molecule has 0 saturated heterocycles. The second-order valence-corrected chi connectivity index (χ2v) is 7.20. The molecule has 0 bridgehead atoms. The smallest absolute Gasteiger partial charge is 0.132 e. The van der Waals surface area contributed by atoms with E-state index in [1.807, 2.05) is 53.1 Å². The summed E-state index contributed by atoms with van der Waals surface area (Å²) < 4.78 is 14.1. The molecule has 0 aliphatic heterocycles. The first-order valence-electron chi connectivity index (χ1n) is 10.1. The van der Waals surface area contributed by atoms with Gasteiger partial charge in [-0.3, -0.25) is 4.99 Å². The number of hydrogen-bond donors (Lipinski definition) is 2. The van der Waals surface area contributed by atoms with Gasteiger partial charge < -0.3 is 10.6 Å². The maximum Gasteiger partial charge on any atom is 0.132 e. The number of amidine groups is 1. The van der Waals surface area contributed by atoms with Crippen LogP contribution in [0.5, 0.6) is 0 Å². The zero-order valence-corrected chi connectivity index (χ0v) is 18.9. The van der Waals surface area contributed by atoms with Gasteiger partial charge in [-0.15, -0.1) is 0 Å². The van der Waals surface area contributed by atoms with E-state index in [4.69, 9.17) is 0 Å². The number of hydrogen-bond acceptors (Lipinski definition) is 3. The van der Waals surface area contributed by atoms with Crippen molar-refractivity contribution in [2.24, 2.45) is 9.98 Å². The van der Waals surface area contributed by atoms with Crippen molar-refractivity contribution in [1.82, 2.24) is 5.32 Å². The Balaban J connectivity index is 2.93. The highest BCUT2D eigenvalue weighted by atomic mass is 19.1. The van der Waals surface area contributed by atoms with E-state index >= 15 is 0 Å². The maximum atomic E-state index is 14.1. The molecule has 0 aliphatic rings. The molecule has 0 atom stereocenters. The number of rotatable bonds is 9. The molecule has 29 heavy (non-hydrogen) atoms. The SMILES string of the molecule is CC/C=C(\C)C(=NC=C(C)C)N/C(C)=C/C(CCc1cc(NC)ccc1F)=NC. The fourth-order valence-corrected chi connectivity index (χ4v) is 2.74. The quantitative estimate of drug-likeness (QED) is 0.393. The molecule has 0 spiro atoms. The Morgan fingerprint density at radius 1 is 1.17 bits per heavy atom. The molecule has 0 fully saturated rings. The van der Waals surface area contributed by atoms with Gasteiger partial charge in [0.25, 0.3) is 0 Å². The van der Waals surface area contributed by atoms with Gasteiger partial charge in [0, 0.05) is 37.4 Å².